The number of nitrogens with two attached hydrogens (primary N) is 1. The molecule has 246 valence electrons. The molecule has 1 saturated carbocycles. The van der Waals surface area contributed by atoms with Gasteiger partial charge in [-0.25, -0.2) is 0 Å². The molecule has 0 aromatic heterocycles. The van der Waals surface area contributed by atoms with Crippen LogP contribution in [-0.4, -0.2) is 99.7 Å². The van der Waals surface area contributed by atoms with Crippen LogP contribution in [0.4, 0.5) is 0 Å². The number of aliphatic imine (C=N–C) groups is 1. The maximum atomic E-state index is 11.0. The highest BCUT2D eigenvalue weighted by molar-refractivity contribution is 5.80. The minimum Gasteiger partial charge on any atom is -0.391 e. The zero-order chi connectivity index (χ0) is 31.6. The third-order valence-electron chi connectivity index (χ3n) is 11.2. The molecule has 1 aliphatic carbocycles. The van der Waals surface area contributed by atoms with E-state index >= 15 is 0 Å². The minimum absolute atomic E-state index is 0.0565. The van der Waals surface area contributed by atoms with E-state index in [1.807, 2.05) is 6.92 Å². The van der Waals surface area contributed by atoms with Crippen LogP contribution in [0.2, 0.25) is 0 Å². The zero-order valence-electron chi connectivity index (χ0n) is 28.5. The third-order valence-corrected chi connectivity index (χ3v) is 11.2. The molecule has 0 amide bonds. The van der Waals surface area contributed by atoms with Crippen LogP contribution in [0.5, 0.6) is 0 Å². The van der Waals surface area contributed by atoms with Gasteiger partial charge in [0.25, 0.3) is 0 Å². The van der Waals surface area contributed by atoms with Crippen molar-refractivity contribution in [3.63, 3.8) is 0 Å². The molecule has 1 aromatic carbocycles. The van der Waals surface area contributed by atoms with Crippen molar-refractivity contribution in [2.24, 2.45) is 33.9 Å². The average Bonchev–Trinajstić information content (AvgIpc) is 3.66. The smallest absolute Gasteiger partial charge is 0.195 e. The van der Waals surface area contributed by atoms with Gasteiger partial charge in [-0.3, -0.25) is 15.3 Å². The highest BCUT2D eigenvalue weighted by Crippen LogP contribution is 2.41. The van der Waals surface area contributed by atoms with Gasteiger partial charge in [-0.2, -0.15) is 0 Å². The molecule has 4 N–H and O–H groups in total. The van der Waals surface area contributed by atoms with Crippen molar-refractivity contribution < 1.29 is 5.11 Å². The van der Waals surface area contributed by atoms with Gasteiger partial charge in [-0.05, 0) is 80.6 Å². The average molecular weight is 608 g/mol. The summed E-state index contributed by atoms with van der Waals surface area (Å²) in [5.41, 5.74) is 8.14. The van der Waals surface area contributed by atoms with Crippen molar-refractivity contribution in [3.8, 4) is 0 Å². The molecular weight excluding hydrogens is 546 g/mol. The maximum Gasteiger partial charge on any atom is 0.195 e. The van der Waals surface area contributed by atoms with Gasteiger partial charge in [0.15, 0.2) is 11.9 Å². The Hall–Kier alpha value is -2.32. The van der Waals surface area contributed by atoms with Crippen molar-refractivity contribution in [3.05, 3.63) is 35.9 Å². The molecule has 1 aromatic rings. The Balaban J connectivity index is 1.36. The molecule has 5 atom stereocenters. The van der Waals surface area contributed by atoms with E-state index in [1.165, 1.54) is 31.2 Å². The molecule has 0 unspecified atom stereocenters. The number of nitrogens with zero attached hydrogens (tertiary/aromatic N) is 5. The third kappa shape index (κ3) is 7.55. The molecule has 0 radical (unpaired) electrons. The van der Waals surface area contributed by atoms with E-state index in [0.29, 0.717) is 47.8 Å². The van der Waals surface area contributed by atoms with E-state index in [9.17, 15) is 10.5 Å². The lowest BCUT2D eigenvalue weighted by Crippen LogP contribution is -2.56. The Morgan fingerprint density at radius 1 is 0.977 bits per heavy atom. The molecule has 0 bridgehead atoms. The Kier molecular flexibility index (Phi) is 10.5. The number of nitrogens with one attached hydrogen (secondary N) is 1. The van der Waals surface area contributed by atoms with Crippen LogP contribution in [0.1, 0.15) is 92.1 Å². The summed E-state index contributed by atoms with van der Waals surface area (Å²) in [7, 11) is 0. The van der Waals surface area contributed by atoms with Crippen molar-refractivity contribution >= 4 is 11.9 Å². The molecule has 8 heteroatoms. The summed E-state index contributed by atoms with van der Waals surface area (Å²) in [5, 5.41) is 20.6. The van der Waals surface area contributed by atoms with Gasteiger partial charge in [0.2, 0.25) is 0 Å². The summed E-state index contributed by atoms with van der Waals surface area (Å²) >= 11 is 0. The minimum atomic E-state index is -0.490. The summed E-state index contributed by atoms with van der Waals surface area (Å²) < 4.78 is 0. The number of aliphatic hydroxyl groups excluding tert-OH is 1. The van der Waals surface area contributed by atoms with E-state index < -0.39 is 6.10 Å². The first kappa shape index (κ1) is 33.1. The fourth-order valence-corrected chi connectivity index (χ4v) is 8.56. The second-order valence-corrected chi connectivity index (χ2v) is 15.9. The molecule has 2 saturated heterocycles. The van der Waals surface area contributed by atoms with Crippen LogP contribution < -0.4 is 5.73 Å². The van der Waals surface area contributed by atoms with Gasteiger partial charge in [0, 0.05) is 38.6 Å². The first-order valence-electron chi connectivity index (χ1n) is 17.6. The van der Waals surface area contributed by atoms with Crippen molar-refractivity contribution in [2.45, 2.75) is 123 Å². The Labute approximate surface area is 267 Å². The summed E-state index contributed by atoms with van der Waals surface area (Å²) in [5.74, 6) is 3.25. The lowest BCUT2D eigenvalue weighted by atomic mass is 9.70. The predicted molar refractivity (Wildman–Crippen MR) is 182 cm³/mol. The van der Waals surface area contributed by atoms with Gasteiger partial charge < -0.3 is 25.5 Å². The van der Waals surface area contributed by atoms with Crippen molar-refractivity contribution in [2.75, 3.05) is 32.7 Å². The Bertz CT molecular complexity index is 1110. The molecule has 3 aliphatic heterocycles. The van der Waals surface area contributed by atoms with E-state index in [2.05, 4.69) is 89.5 Å². The SMILES string of the molecule is CC(C)C[C@@H]1CN=C(N)N1C[C@@H]1CCCN1[C@@H](Cc1ccccc1)N1C[C@@H]([C@@H](C)O)N(CC2CCC(C(C)(C)C)CC2)C1=N. The predicted octanol–water partition coefficient (Wildman–Crippen LogP) is 5.22. The largest absolute Gasteiger partial charge is 0.391 e. The van der Waals surface area contributed by atoms with Crippen LogP contribution in [0.15, 0.2) is 35.3 Å². The number of guanidine groups is 2. The maximum absolute atomic E-state index is 11.0. The van der Waals surface area contributed by atoms with Gasteiger partial charge in [-0.1, -0.05) is 65.0 Å². The number of aliphatic hydroxyl groups is 1. The zero-order valence-corrected chi connectivity index (χ0v) is 28.5. The first-order chi connectivity index (χ1) is 20.9. The lowest BCUT2D eigenvalue weighted by molar-refractivity contribution is 0.0592. The molecule has 4 aliphatic rings. The lowest BCUT2D eigenvalue weighted by Gasteiger charge is -2.42. The molecule has 8 nitrogen and oxygen atoms in total. The second-order valence-electron chi connectivity index (χ2n) is 15.9. The van der Waals surface area contributed by atoms with Crippen LogP contribution >= 0.6 is 0 Å². The second kappa shape index (κ2) is 14.0. The quantitative estimate of drug-likeness (QED) is 0.319. The number of likely N-dealkylation sites (tertiary alicyclic amines) is 1. The number of hydrogen-bond acceptors (Lipinski definition) is 6. The van der Waals surface area contributed by atoms with E-state index in [4.69, 9.17) is 5.73 Å². The summed E-state index contributed by atoms with van der Waals surface area (Å²) in [6.07, 6.45) is 8.78. The van der Waals surface area contributed by atoms with E-state index in [-0.39, 0.29) is 12.2 Å². The number of benzene rings is 1. The summed E-state index contributed by atoms with van der Waals surface area (Å²) in [6, 6.07) is 11.4. The summed E-state index contributed by atoms with van der Waals surface area (Å²) in [6.45, 7) is 17.9. The van der Waals surface area contributed by atoms with Gasteiger partial charge >= 0.3 is 0 Å². The van der Waals surface area contributed by atoms with Gasteiger partial charge in [-0.15, -0.1) is 0 Å². The van der Waals surface area contributed by atoms with E-state index in [0.717, 1.165) is 57.8 Å². The topological polar surface area (TPSA) is 95.4 Å². The van der Waals surface area contributed by atoms with Gasteiger partial charge in [0.05, 0.1) is 30.9 Å². The van der Waals surface area contributed by atoms with Crippen LogP contribution in [0.3, 0.4) is 0 Å². The van der Waals surface area contributed by atoms with Crippen LogP contribution in [-0.2, 0) is 6.42 Å². The highest BCUT2D eigenvalue weighted by Gasteiger charge is 2.45. The Morgan fingerprint density at radius 3 is 2.32 bits per heavy atom. The number of hydrogen-bond donors (Lipinski definition) is 3. The van der Waals surface area contributed by atoms with Crippen molar-refractivity contribution in [1.82, 2.24) is 19.6 Å². The highest BCUT2D eigenvalue weighted by atomic mass is 16.3. The fourth-order valence-electron chi connectivity index (χ4n) is 8.56. The molecule has 3 fully saturated rings. The Morgan fingerprint density at radius 2 is 1.68 bits per heavy atom. The molecular formula is C36H61N7O. The van der Waals surface area contributed by atoms with E-state index in [1.54, 1.807) is 0 Å². The molecule has 5 rings (SSSR count). The standard InChI is InChI=1S/C36H61N7O/c1-25(2)19-31-21-39-34(37)41(31)23-30-13-10-18-40(30)33(20-27-11-8-7-9-12-27)43-24-32(26(3)44)42(35(43)38)22-28-14-16-29(17-15-28)36(4,5)6/h7-9,11-12,25-26,28-33,38,44H,10,13-24H2,1-6H3,(H2,37,39)/t26-,28?,29?,30+,31-,32+,33-/m1/s1. The normalized spacial score (nSPS) is 30.0. The number of rotatable bonds is 11. The van der Waals surface area contributed by atoms with Crippen molar-refractivity contribution in [1.29, 1.82) is 5.41 Å². The van der Waals surface area contributed by atoms with Crippen LogP contribution in [0.25, 0.3) is 0 Å². The first-order valence-corrected chi connectivity index (χ1v) is 17.6. The fraction of sp³-hybridized carbons (Fsp3) is 0.778. The van der Waals surface area contributed by atoms with Crippen LogP contribution in [0, 0.1) is 28.6 Å². The molecule has 0 spiro atoms. The summed E-state index contributed by atoms with van der Waals surface area (Å²) in [4.78, 5) is 14.3. The molecule has 44 heavy (non-hydrogen) atoms. The van der Waals surface area contributed by atoms with Gasteiger partial charge in [0.1, 0.15) is 0 Å². The monoisotopic (exact) mass is 607 g/mol. The molecule has 3 heterocycles.